The summed E-state index contributed by atoms with van der Waals surface area (Å²) >= 11 is 0. The molecule has 1 aromatic carbocycles. The predicted molar refractivity (Wildman–Crippen MR) is 126 cm³/mol. The molecule has 0 fully saturated rings. The molecule has 0 aliphatic carbocycles. The third-order valence-corrected chi connectivity index (χ3v) is 2.92. The maximum absolute atomic E-state index is 9.08. The topological polar surface area (TPSA) is 35.5 Å². The normalized spacial score (nSPS) is 9.30. The van der Waals surface area contributed by atoms with Crippen LogP contribution in [-0.2, 0) is 6.54 Å². The molecule has 3 heteroatoms. The van der Waals surface area contributed by atoms with Crippen LogP contribution in [-0.4, -0.2) is 30.2 Å². The molecule has 158 valence electrons. The number of anilines is 1. The van der Waals surface area contributed by atoms with Crippen molar-refractivity contribution in [3.8, 4) is 0 Å². The Morgan fingerprint density at radius 3 is 1.96 bits per heavy atom. The molecule has 0 saturated heterocycles. The van der Waals surface area contributed by atoms with Crippen LogP contribution in [0.2, 0.25) is 0 Å². The Labute approximate surface area is 170 Å². The second-order valence-corrected chi connectivity index (χ2v) is 7.22. The number of benzene rings is 1. The molecule has 0 unspecified atom stereocenters. The average molecular weight is 379 g/mol. The molecule has 1 aromatic rings. The lowest BCUT2D eigenvalue weighted by atomic mass is 10.0. The van der Waals surface area contributed by atoms with Crippen molar-refractivity contribution < 1.29 is 5.11 Å². The summed E-state index contributed by atoms with van der Waals surface area (Å²) in [7, 11) is 1.91. The van der Waals surface area contributed by atoms with Gasteiger partial charge in [-0.1, -0.05) is 92.8 Å². The van der Waals surface area contributed by atoms with Crippen molar-refractivity contribution in [2.24, 2.45) is 5.41 Å². The van der Waals surface area contributed by atoms with Crippen molar-refractivity contribution >= 4 is 11.8 Å². The van der Waals surface area contributed by atoms with Gasteiger partial charge in [-0.05, 0) is 23.5 Å². The summed E-state index contributed by atoms with van der Waals surface area (Å²) in [4.78, 5) is 2.06. The molecule has 1 rings (SSSR count). The summed E-state index contributed by atoms with van der Waals surface area (Å²) in [6.45, 7) is 27.9. The fourth-order valence-corrected chi connectivity index (χ4v) is 1.96. The lowest BCUT2D eigenvalue weighted by Gasteiger charge is -2.25. The molecule has 0 saturated carbocycles. The summed E-state index contributed by atoms with van der Waals surface area (Å²) in [5, 5.41) is 12.3. The zero-order valence-electron chi connectivity index (χ0n) is 19.7. The fraction of sp³-hybridized carbons (Fsp3) is 0.583. The van der Waals surface area contributed by atoms with Gasteiger partial charge in [-0.3, -0.25) is 0 Å². The Kier molecular flexibility index (Phi) is 19.6. The monoisotopic (exact) mass is 378 g/mol. The summed E-state index contributed by atoms with van der Waals surface area (Å²) in [5.41, 5.74) is 4.79. The molecule has 0 atom stereocenters. The molecule has 3 nitrogen and oxygen atoms in total. The van der Waals surface area contributed by atoms with E-state index in [9.17, 15) is 0 Å². The van der Waals surface area contributed by atoms with Gasteiger partial charge in [0, 0.05) is 31.5 Å². The third-order valence-electron chi connectivity index (χ3n) is 2.92. The van der Waals surface area contributed by atoms with Gasteiger partial charge in [0.15, 0.2) is 0 Å². The Balaban J connectivity index is -0.000000543. The first-order chi connectivity index (χ1) is 12.6. The Hall–Kier alpha value is -1.74. The largest absolute Gasteiger partial charge is 0.395 e. The van der Waals surface area contributed by atoms with Gasteiger partial charge in [-0.25, -0.2) is 0 Å². The molecule has 2 N–H and O–H groups in total. The van der Waals surface area contributed by atoms with Gasteiger partial charge in [0.05, 0.1) is 6.61 Å². The number of para-hydroxylation sites is 1. The Morgan fingerprint density at radius 1 is 1.15 bits per heavy atom. The van der Waals surface area contributed by atoms with Crippen molar-refractivity contribution in [2.75, 3.05) is 25.5 Å². The number of hydrogen-bond donors (Lipinski definition) is 2. The summed E-state index contributed by atoms with van der Waals surface area (Å²) in [5.74, 6) is 0. The minimum Gasteiger partial charge on any atom is -0.395 e. The lowest BCUT2D eigenvalue weighted by molar-refractivity contribution is 0.223. The van der Waals surface area contributed by atoms with E-state index in [2.05, 4.69) is 57.1 Å². The lowest BCUT2D eigenvalue weighted by Crippen LogP contribution is -2.24. The van der Waals surface area contributed by atoms with E-state index in [1.54, 1.807) is 0 Å². The van der Waals surface area contributed by atoms with E-state index in [1.165, 1.54) is 5.56 Å². The number of hydrogen-bond acceptors (Lipinski definition) is 3. The standard InChI is InChI=1S/C15H22N2O.C5H12.2C2H6/c1-5-13-7-6-8-14(15(13)16-4)11-17(9-10-18)12(2)3;1-5(2,3)4;2*1-2/h5-8,16,18H,1-2,9-11H2,3-4H3;1-4H3;2*1-2H3. The first-order valence-corrected chi connectivity index (χ1v) is 10.1. The molecule has 0 aromatic heterocycles. The van der Waals surface area contributed by atoms with Gasteiger partial charge in [-0.2, -0.15) is 0 Å². The van der Waals surface area contributed by atoms with Gasteiger partial charge in [0.2, 0.25) is 0 Å². The van der Waals surface area contributed by atoms with Crippen LogP contribution in [0.5, 0.6) is 0 Å². The number of rotatable bonds is 7. The maximum Gasteiger partial charge on any atom is 0.0606 e. The molecule has 0 aliphatic rings. The average Bonchev–Trinajstić information content (AvgIpc) is 2.63. The Morgan fingerprint density at radius 2 is 1.63 bits per heavy atom. The minimum atomic E-state index is 0.128. The quantitative estimate of drug-likeness (QED) is 0.547. The van der Waals surface area contributed by atoms with E-state index in [4.69, 9.17) is 5.11 Å². The molecular formula is C24H46N2O. The molecule has 0 bridgehead atoms. The van der Waals surface area contributed by atoms with Gasteiger partial charge >= 0.3 is 0 Å². The Bertz CT molecular complexity index is 496. The van der Waals surface area contributed by atoms with Crippen LogP contribution in [0.4, 0.5) is 5.69 Å². The van der Waals surface area contributed by atoms with Crippen molar-refractivity contribution in [3.63, 3.8) is 0 Å². The molecule has 0 heterocycles. The number of nitrogens with zero attached hydrogens (tertiary/aromatic N) is 1. The fourth-order valence-electron chi connectivity index (χ4n) is 1.96. The summed E-state index contributed by atoms with van der Waals surface area (Å²) < 4.78 is 0. The number of allylic oxidation sites excluding steroid dienone is 1. The van der Waals surface area contributed by atoms with Gasteiger partial charge < -0.3 is 15.3 Å². The third kappa shape index (κ3) is 16.2. The highest BCUT2D eigenvalue weighted by Crippen LogP contribution is 2.24. The van der Waals surface area contributed by atoms with Gasteiger partial charge in [0.25, 0.3) is 0 Å². The zero-order chi connectivity index (χ0) is 22.0. The predicted octanol–water partition coefficient (Wildman–Crippen LogP) is 6.80. The van der Waals surface area contributed by atoms with E-state index >= 15 is 0 Å². The van der Waals surface area contributed by atoms with E-state index in [1.807, 2.05) is 59.9 Å². The van der Waals surface area contributed by atoms with Crippen molar-refractivity contribution in [3.05, 3.63) is 48.2 Å². The number of nitrogens with one attached hydrogen (secondary N) is 1. The van der Waals surface area contributed by atoms with Crippen LogP contribution < -0.4 is 5.32 Å². The molecule has 0 spiro atoms. The van der Waals surface area contributed by atoms with Crippen LogP contribution in [0.3, 0.4) is 0 Å². The van der Waals surface area contributed by atoms with Crippen molar-refractivity contribution in [2.45, 2.75) is 68.9 Å². The van der Waals surface area contributed by atoms with Crippen LogP contribution in [0.15, 0.2) is 37.1 Å². The highest BCUT2D eigenvalue weighted by atomic mass is 16.3. The van der Waals surface area contributed by atoms with Crippen LogP contribution >= 0.6 is 0 Å². The van der Waals surface area contributed by atoms with Crippen LogP contribution in [0.1, 0.15) is 73.4 Å². The number of aliphatic hydroxyl groups is 1. The van der Waals surface area contributed by atoms with Crippen molar-refractivity contribution in [1.29, 1.82) is 0 Å². The molecule has 27 heavy (non-hydrogen) atoms. The van der Waals surface area contributed by atoms with Gasteiger partial charge in [0.1, 0.15) is 0 Å². The molecule has 0 radical (unpaired) electrons. The van der Waals surface area contributed by atoms with E-state index < -0.39 is 0 Å². The second-order valence-electron chi connectivity index (χ2n) is 7.22. The first-order valence-electron chi connectivity index (χ1n) is 10.1. The zero-order valence-corrected chi connectivity index (χ0v) is 19.7. The number of aliphatic hydroxyl groups excluding tert-OH is 1. The van der Waals surface area contributed by atoms with E-state index in [0.717, 1.165) is 23.5 Å². The van der Waals surface area contributed by atoms with E-state index in [0.29, 0.717) is 12.0 Å². The van der Waals surface area contributed by atoms with Crippen LogP contribution in [0.25, 0.3) is 6.08 Å². The molecule has 0 amide bonds. The highest BCUT2D eigenvalue weighted by molar-refractivity contribution is 5.69. The first kappa shape index (κ1) is 30.0. The minimum absolute atomic E-state index is 0.128. The second kappa shape index (κ2) is 17.7. The SMILES string of the molecule is C=Cc1cccc(CN(CCO)C(=C)C)c1NC.CC.CC.CC(C)(C)C. The summed E-state index contributed by atoms with van der Waals surface area (Å²) in [6, 6.07) is 6.12. The smallest absolute Gasteiger partial charge is 0.0606 e. The van der Waals surface area contributed by atoms with Crippen molar-refractivity contribution in [1.82, 2.24) is 4.90 Å². The highest BCUT2D eigenvalue weighted by Gasteiger charge is 2.09. The summed E-state index contributed by atoms with van der Waals surface area (Å²) in [6.07, 6.45) is 1.84. The van der Waals surface area contributed by atoms with Gasteiger partial charge in [-0.15, -0.1) is 0 Å². The van der Waals surface area contributed by atoms with E-state index in [-0.39, 0.29) is 6.61 Å². The maximum atomic E-state index is 9.08. The molecule has 0 aliphatic heterocycles. The van der Waals surface area contributed by atoms with Crippen LogP contribution in [0, 0.1) is 5.41 Å². The molecular weight excluding hydrogens is 332 g/mol.